The number of hydrogen-bond donors (Lipinski definition) is 0. The summed E-state index contributed by atoms with van der Waals surface area (Å²) in [6.07, 6.45) is 18.1. The monoisotopic (exact) mass is 890 g/mol. The second kappa shape index (κ2) is 19.9. The van der Waals surface area contributed by atoms with Gasteiger partial charge in [-0.25, -0.2) is 9.19 Å². The molecule has 14 nitrogen and oxygen atoms in total. The molecule has 0 aliphatic heterocycles. The molecule has 0 spiro atoms. The quantitative estimate of drug-likeness (QED) is 0.0246. The van der Waals surface area contributed by atoms with E-state index in [1.807, 2.05) is 0 Å². The van der Waals surface area contributed by atoms with Crippen LogP contribution in [0.4, 0.5) is 11.4 Å². The summed E-state index contributed by atoms with van der Waals surface area (Å²) >= 11 is 0. The van der Waals surface area contributed by atoms with Crippen LogP contribution in [0.25, 0.3) is 11.0 Å². The van der Waals surface area contributed by atoms with Crippen LogP contribution in [0.15, 0.2) is 52.7 Å². The van der Waals surface area contributed by atoms with E-state index in [1.54, 1.807) is 6.07 Å². The minimum atomic E-state index is -3.78. The molecule has 0 saturated heterocycles. The second-order valence-corrected chi connectivity index (χ2v) is 22.1. The van der Waals surface area contributed by atoms with Crippen LogP contribution in [0.1, 0.15) is 143 Å². The third-order valence-electron chi connectivity index (χ3n) is 15.7. The Labute approximate surface area is 371 Å². The van der Waals surface area contributed by atoms with E-state index in [9.17, 15) is 29.6 Å². The third-order valence-corrected chi connectivity index (χ3v) is 17.7. The van der Waals surface area contributed by atoms with Gasteiger partial charge in [-0.15, -0.1) is 0 Å². The van der Waals surface area contributed by atoms with Gasteiger partial charge in [-0.2, -0.15) is 0 Å². The molecule has 15 heteroatoms. The minimum Gasteiger partial charge on any atom is -0.466 e. The van der Waals surface area contributed by atoms with E-state index >= 15 is 0 Å². The number of rotatable bonds is 21. The predicted molar refractivity (Wildman–Crippen MR) is 240 cm³/mol. The van der Waals surface area contributed by atoms with Crippen LogP contribution < -0.4 is 4.52 Å². The summed E-state index contributed by atoms with van der Waals surface area (Å²) in [6.45, 7) is 12.3. The lowest BCUT2D eigenvalue weighted by Crippen LogP contribution is -2.51. The summed E-state index contributed by atoms with van der Waals surface area (Å²) in [5.41, 5.74) is 2.96. The van der Waals surface area contributed by atoms with Gasteiger partial charge < -0.3 is 9.26 Å². The van der Waals surface area contributed by atoms with Crippen molar-refractivity contribution in [3.63, 3.8) is 0 Å². The lowest BCUT2D eigenvalue weighted by molar-refractivity contribution is -0.384. The van der Waals surface area contributed by atoms with Crippen molar-refractivity contribution in [2.75, 3.05) is 12.8 Å². The summed E-state index contributed by atoms with van der Waals surface area (Å²) in [4.78, 5) is 34.3. The molecule has 9 atom stereocenters. The molecular weight excluding hydrogens is 824 g/mol. The normalized spacial score (nSPS) is 28.0. The number of benzene rings is 2. The Hall–Kier alpha value is -4.16. The van der Waals surface area contributed by atoms with E-state index in [1.165, 1.54) is 80.9 Å². The van der Waals surface area contributed by atoms with Crippen molar-refractivity contribution in [3.05, 3.63) is 73.8 Å². The van der Waals surface area contributed by atoms with Gasteiger partial charge >= 0.3 is 19.3 Å². The van der Waals surface area contributed by atoms with Gasteiger partial charge in [0, 0.05) is 24.6 Å². The van der Waals surface area contributed by atoms with E-state index in [-0.39, 0.29) is 65.7 Å². The molecule has 344 valence electrons. The molecule has 0 radical (unpaired) electrons. The number of allylic oxidation sites excluding steroid dienone is 1. The summed E-state index contributed by atoms with van der Waals surface area (Å²) in [5.74, 6) is 4.33. The number of fused-ring (bicyclic) bond motifs is 6. The van der Waals surface area contributed by atoms with Gasteiger partial charge in [0.1, 0.15) is 11.3 Å². The number of aryl methyl sites for hydroxylation is 1. The number of nitro groups is 2. The summed E-state index contributed by atoms with van der Waals surface area (Å²) in [5, 5.41) is 30.1. The summed E-state index contributed by atoms with van der Waals surface area (Å²) < 4.78 is 37.5. The molecule has 4 aliphatic rings. The van der Waals surface area contributed by atoms with Crippen LogP contribution in [-0.2, 0) is 25.0 Å². The highest BCUT2D eigenvalue weighted by molar-refractivity contribution is 7.54. The molecule has 0 N–H and O–H groups in total. The molecule has 1 heterocycles. The molecule has 3 saturated carbocycles. The number of carbonyl (C=O) groups excluding carboxylic acids is 1. The zero-order valence-corrected chi connectivity index (χ0v) is 38.7. The van der Waals surface area contributed by atoms with Crippen LogP contribution in [0.3, 0.4) is 0 Å². The highest BCUT2D eigenvalue weighted by atomic mass is 31.2. The Morgan fingerprint density at radius 3 is 2.41 bits per heavy atom. The van der Waals surface area contributed by atoms with Crippen LogP contribution in [-0.4, -0.2) is 45.0 Å². The smallest absolute Gasteiger partial charge is 0.379 e. The fraction of sp³-hybridized carbons (Fsp3) is 0.688. The summed E-state index contributed by atoms with van der Waals surface area (Å²) in [7, 11) is -3.78. The fourth-order valence-corrected chi connectivity index (χ4v) is 14.2. The standard InChI is InChI=1S/C48H67N4O10P/c1-32(2)11-9-12-33(3)40-22-23-41-39-21-16-35-31-38(25-27-47(35,4)42(39)26-28-48(40,41)5)61-63(58,60-37-19-17-36(18-20-37)51(54)55)30-10-29-59-44(53)14-8-6-7-13-34-15-24-43(52(56)57)46-45(34)49-62-50-46/h15-20,24,32-33,38-42H,6-14,21-23,25-31H2,1-5H3/t33-,38?,39?,40-,41+,42+,47?,48?,63?/m1/s1. The third kappa shape index (κ3) is 10.5. The fourth-order valence-electron chi connectivity index (χ4n) is 12.4. The van der Waals surface area contributed by atoms with Crippen molar-refractivity contribution < 1.29 is 37.6 Å². The van der Waals surface area contributed by atoms with Gasteiger partial charge in [-0.05, 0) is 157 Å². The largest absolute Gasteiger partial charge is 0.466 e. The Balaban J connectivity index is 0.920. The van der Waals surface area contributed by atoms with Crippen molar-refractivity contribution in [3.8, 4) is 5.75 Å². The number of unbranched alkanes of at least 4 members (excludes halogenated alkanes) is 2. The number of esters is 1. The zero-order valence-electron chi connectivity index (χ0n) is 37.8. The summed E-state index contributed by atoms with van der Waals surface area (Å²) in [6, 6.07) is 8.59. The van der Waals surface area contributed by atoms with Crippen molar-refractivity contribution in [1.29, 1.82) is 0 Å². The van der Waals surface area contributed by atoms with Crippen LogP contribution >= 0.6 is 7.60 Å². The van der Waals surface area contributed by atoms with Crippen molar-refractivity contribution in [1.82, 2.24) is 10.3 Å². The van der Waals surface area contributed by atoms with Crippen molar-refractivity contribution in [2.24, 2.45) is 46.3 Å². The van der Waals surface area contributed by atoms with Crippen molar-refractivity contribution in [2.45, 2.75) is 150 Å². The number of hydrogen-bond acceptors (Lipinski definition) is 12. The number of nitro benzene ring substituents is 2. The van der Waals surface area contributed by atoms with Gasteiger partial charge in [-0.1, -0.05) is 72.0 Å². The Kier molecular flexibility index (Phi) is 14.8. The first-order chi connectivity index (χ1) is 30.1. The Morgan fingerprint density at radius 2 is 1.67 bits per heavy atom. The highest BCUT2D eigenvalue weighted by Crippen LogP contribution is 2.68. The number of ether oxygens (including phenoxy) is 1. The van der Waals surface area contributed by atoms with Gasteiger partial charge in [0.05, 0.1) is 28.7 Å². The van der Waals surface area contributed by atoms with Gasteiger partial charge in [0.2, 0.25) is 5.52 Å². The number of carbonyl (C=O) groups is 1. The lowest BCUT2D eigenvalue weighted by atomic mass is 9.47. The Bertz CT molecular complexity index is 2170. The number of aromatic nitrogens is 2. The molecule has 7 rings (SSSR count). The van der Waals surface area contributed by atoms with E-state index in [4.69, 9.17) is 18.4 Å². The topological polar surface area (TPSA) is 187 Å². The lowest BCUT2D eigenvalue weighted by Gasteiger charge is -2.58. The Morgan fingerprint density at radius 1 is 0.889 bits per heavy atom. The number of nitrogens with zero attached hydrogens (tertiary/aromatic N) is 4. The van der Waals surface area contributed by atoms with Gasteiger partial charge in [-0.3, -0.25) is 29.5 Å². The second-order valence-electron chi connectivity index (χ2n) is 20.0. The molecule has 3 fully saturated rings. The highest BCUT2D eigenvalue weighted by Gasteiger charge is 2.59. The van der Waals surface area contributed by atoms with E-state index in [2.05, 4.69) is 51.0 Å². The maximum Gasteiger partial charge on any atom is 0.379 e. The molecule has 63 heavy (non-hydrogen) atoms. The van der Waals surface area contributed by atoms with Crippen LogP contribution in [0.2, 0.25) is 0 Å². The van der Waals surface area contributed by atoms with E-state index in [0.29, 0.717) is 42.0 Å². The van der Waals surface area contributed by atoms with Crippen LogP contribution in [0.5, 0.6) is 5.75 Å². The molecule has 5 unspecified atom stereocenters. The molecule has 2 aromatic carbocycles. The van der Waals surface area contributed by atoms with Gasteiger partial charge in [0.25, 0.3) is 5.69 Å². The molecule has 1 aromatic heterocycles. The van der Waals surface area contributed by atoms with Crippen molar-refractivity contribution >= 4 is 36.0 Å². The first-order valence-corrected chi connectivity index (χ1v) is 25.3. The SMILES string of the molecule is CC(C)CCC[C@@H](C)[C@H]1CC[C@H]2C3CC=C4CC(OP(=O)(CCCOC(=O)CCCCCc5ccc([N+](=O)[O-])c6nonc56)Oc5ccc([N+](=O)[O-])cc5)CCC4(C)[C@H]3CCC12C. The van der Waals surface area contributed by atoms with Crippen LogP contribution in [0, 0.1) is 66.6 Å². The maximum atomic E-state index is 14.6. The molecule has 3 aromatic rings. The van der Waals surface area contributed by atoms with Gasteiger partial charge in [0.15, 0.2) is 0 Å². The first-order valence-electron chi connectivity index (χ1n) is 23.6. The number of non-ortho nitro benzene ring substituents is 2. The zero-order chi connectivity index (χ0) is 44.9. The predicted octanol–water partition coefficient (Wildman–Crippen LogP) is 12.8. The average Bonchev–Trinajstić information content (AvgIpc) is 3.88. The maximum absolute atomic E-state index is 14.6. The molecule has 0 amide bonds. The molecular formula is C48H67N4O10P. The molecule has 4 aliphatic carbocycles. The van der Waals surface area contributed by atoms with E-state index in [0.717, 1.165) is 61.3 Å². The minimum absolute atomic E-state index is 0.0206. The average molecular weight is 891 g/mol. The molecule has 0 bridgehead atoms. The first kappa shape index (κ1) is 46.8. The van der Waals surface area contributed by atoms with E-state index < -0.39 is 17.4 Å².